The van der Waals surface area contributed by atoms with Crippen molar-refractivity contribution in [2.24, 2.45) is 0 Å². The Hall–Kier alpha value is -2.35. The average molecular weight is 249 g/mol. The van der Waals surface area contributed by atoms with Gasteiger partial charge >= 0.3 is 0 Å². The Labute approximate surface area is 111 Å². The van der Waals surface area contributed by atoms with Crippen molar-refractivity contribution in [2.45, 2.75) is 12.8 Å². The molecule has 0 amide bonds. The minimum absolute atomic E-state index is 0.00108. The first-order valence-corrected chi connectivity index (χ1v) is 6.48. The molecule has 3 aromatic rings. The van der Waals surface area contributed by atoms with Crippen LogP contribution in [0.5, 0.6) is 0 Å². The summed E-state index contributed by atoms with van der Waals surface area (Å²) in [6.45, 7) is 0. The summed E-state index contributed by atoms with van der Waals surface area (Å²) in [6, 6.07) is 20.1. The molecule has 94 valence electrons. The molecule has 0 bridgehead atoms. The van der Waals surface area contributed by atoms with Gasteiger partial charge < -0.3 is 4.98 Å². The summed E-state index contributed by atoms with van der Waals surface area (Å²) in [5.74, 6) is 0. The van der Waals surface area contributed by atoms with E-state index in [1.165, 1.54) is 5.56 Å². The normalized spacial score (nSPS) is 10.7. The zero-order valence-electron chi connectivity index (χ0n) is 10.6. The van der Waals surface area contributed by atoms with E-state index in [-0.39, 0.29) is 5.56 Å². The fourth-order valence-corrected chi connectivity index (χ4v) is 2.32. The molecule has 0 unspecified atom stereocenters. The number of aromatic nitrogens is 1. The van der Waals surface area contributed by atoms with Gasteiger partial charge in [0.2, 0.25) is 0 Å². The molecule has 1 N–H and O–H groups in total. The van der Waals surface area contributed by atoms with Gasteiger partial charge in [0.1, 0.15) is 0 Å². The highest BCUT2D eigenvalue weighted by molar-refractivity contribution is 5.81. The van der Waals surface area contributed by atoms with Crippen LogP contribution in [-0.2, 0) is 12.8 Å². The van der Waals surface area contributed by atoms with Crippen LogP contribution in [0.3, 0.4) is 0 Å². The number of hydrogen-bond acceptors (Lipinski definition) is 1. The minimum atomic E-state index is 0.00108. The predicted molar refractivity (Wildman–Crippen MR) is 78.4 cm³/mol. The Morgan fingerprint density at radius 2 is 1.58 bits per heavy atom. The zero-order chi connectivity index (χ0) is 13.1. The number of benzene rings is 2. The molecule has 0 fully saturated rings. The maximum absolute atomic E-state index is 12.0. The summed E-state index contributed by atoms with van der Waals surface area (Å²) in [6.07, 6.45) is 1.79. The van der Waals surface area contributed by atoms with Gasteiger partial charge in [-0.1, -0.05) is 48.5 Å². The van der Waals surface area contributed by atoms with E-state index < -0.39 is 0 Å². The lowest BCUT2D eigenvalue weighted by Crippen LogP contribution is -2.09. The second-order valence-electron chi connectivity index (χ2n) is 4.70. The second-order valence-corrected chi connectivity index (χ2v) is 4.70. The number of rotatable bonds is 3. The molecule has 0 spiro atoms. The lowest BCUT2D eigenvalue weighted by Gasteiger charge is -2.04. The molecule has 0 atom stereocenters. The van der Waals surface area contributed by atoms with Crippen molar-refractivity contribution in [1.82, 2.24) is 4.98 Å². The summed E-state index contributed by atoms with van der Waals surface area (Å²) in [7, 11) is 0. The molecule has 0 saturated heterocycles. The molecule has 1 aromatic heterocycles. The molecule has 2 aromatic carbocycles. The first-order chi connectivity index (χ1) is 9.33. The Morgan fingerprint density at radius 3 is 2.42 bits per heavy atom. The number of hydrogen-bond donors (Lipinski definition) is 1. The van der Waals surface area contributed by atoms with E-state index >= 15 is 0 Å². The maximum atomic E-state index is 12.0. The number of fused-ring (bicyclic) bond motifs is 1. The quantitative estimate of drug-likeness (QED) is 0.759. The van der Waals surface area contributed by atoms with Crippen LogP contribution in [0.2, 0.25) is 0 Å². The van der Waals surface area contributed by atoms with Crippen molar-refractivity contribution in [3.8, 4) is 0 Å². The third-order valence-corrected chi connectivity index (χ3v) is 3.34. The second kappa shape index (κ2) is 5.11. The van der Waals surface area contributed by atoms with Crippen molar-refractivity contribution in [3.63, 3.8) is 0 Å². The third kappa shape index (κ3) is 2.58. The van der Waals surface area contributed by atoms with Crippen LogP contribution >= 0.6 is 0 Å². The standard InChI is InChI=1S/C17H15NO/c19-17-16-9-5-4-8-14(16)12-15(18-17)11-10-13-6-2-1-3-7-13/h1-9,12H,10-11H2,(H,18,19). The molecule has 3 rings (SSSR count). The topological polar surface area (TPSA) is 32.9 Å². The highest BCUT2D eigenvalue weighted by atomic mass is 16.1. The average Bonchev–Trinajstić information content (AvgIpc) is 2.46. The van der Waals surface area contributed by atoms with E-state index in [2.05, 4.69) is 23.2 Å². The van der Waals surface area contributed by atoms with Gasteiger partial charge in [0.05, 0.1) is 0 Å². The zero-order valence-corrected chi connectivity index (χ0v) is 10.6. The van der Waals surface area contributed by atoms with Crippen molar-refractivity contribution >= 4 is 10.8 Å². The van der Waals surface area contributed by atoms with Gasteiger partial charge in [0, 0.05) is 11.1 Å². The van der Waals surface area contributed by atoms with Gasteiger partial charge in [-0.2, -0.15) is 0 Å². The van der Waals surface area contributed by atoms with Crippen molar-refractivity contribution in [1.29, 1.82) is 0 Å². The van der Waals surface area contributed by atoms with E-state index in [9.17, 15) is 4.79 Å². The van der Waals surface area contributed by atoms with Crippen LogP contribution in [-0.4, -0.2) is 4.98 Å². The maximum Gasteiger partial charge on any atom is 0.256 e. The summed E-state index contributed by atoms with van der Waals surface area (Å²) >= 11 is 0. The molecule has 0 aliphatic carbocycles. The predicted octanol–water partition coefficient (Wildman–Crippen LogP) is 3.31. The number of nitrogens with one attached hydrogen (secondary N) is 1. The summed E-state index contributed by atoms with van der Waals surface area (Å²) in [5, 5.41) is 1.76. The fourth-order valence-electron chi connectivity index (χ4n) is 2.32. The number of aromatic amines is 1. The molecule has 0 aliphatic rings. The Balaban J connectivity index is 1.88. The Bertz CT molecular complexity index is 744. The lowest BCUT2D eigenvalue weighted by atomic mass is 10.1. The molecule has 2 nitrogen and oxygen atoms in total. The highest BCUT2D eigenvalue weighted by Crippen LogP contribution is 2.11. The molecular weight excluding hydrogens is 234 g/mol. The largest absolute Gasteiger partial charge is 0.326 e. The first-order valence-electron chi connectivity index (χ1n) is 6.48. The monoisotopic (exact) mass is 249 g/mol. The van der Waals surface area contributed by atoms with Gasteiger partial charge in [-0.25, -0.2) is 0 Å². The van der Waals surface area contributed by atoms with Gasteiger partial charge in [0.25, 0.3) is 5.56 Å². The number of pyridine rings is 1. The van der Waals surface area contributed by atoms with E-state index in [0.717, 1.165) is 29.3 Å². The van der Waals surface area contributed by atoms with Crippen LogP contribution in [0.4, 0.5) is 0 Å². The van der Waals surface area contributed by atoms with Gasteiger partial charge in [-0.3, -0.25) is 4.79 Å². The Kier molecular flexibility index (Phi) is 3.15. The van der Waals surface area contributed by atoms with E-state index in [0.29, 0.717) is 0 Å². The van der Waals surface area contributed by atoms with Crippen LogP contribution in [0.15, 0.2) is 65.5 Å². The van der Waals surface area contributed by atoms with E-state index in [1.807, 2.05) is 42.5 Å². The van der Waals surface area contributed by atoms with Gasteiger partial charge in [-0.05, 0) is 35.9 Å². The van der Waals surface area contributed by atoms with E-state index in [1.54, 1.807) is 0 Å². The van der Waals surface area contributed by atoms with Crippen LogP contribution in [0.25, 0.3) is 10.8 Å². The SMILES string of the molecule is O=c1[nH]c(CCc2ccccc2)cc2ccccc12. The van der Waals surface area contributed by atoms with Crippen LogP contribution in [0.1, 0.15) is 11.3 Å². The van der Waals surface area contributed by atoms with Gasteiger partial charge in [0.15, 0.2) is 0 Å². The number of H-pyrrole nitrogens is 1. The molecule has 2 heteroatoms. The number of aryl methyl sites for hydroxylation is 2. The van der Waals surface area contributed by atoms with Gasteiger partial charge in [-0.15, -0.1) is 0 Å². The smallest absolute Gasteiger partial charge is 0.256 e. The molecular formula is C17H15NO. The molecule has 0 radical (unpaired) electrons. The van der Waals surface area contributed by atoms with Crippen LogP contribution < -0.4 is 5.56 Å². The Morgan fingerprint density at radius 1 is 0.842 bits per heavy atom. The highest BCUT2D eigenvalue weighted by Gasteiger charge is 2.01. The van der Waals surface area contributed by atoms with Crippen molar-refractivity contribution in [3.05, 3.63) is 82.3 Å². The summed E-state index contributed by atoms with van der Waals surface area (Å²) in [5.41, 5.74) is 2.28. The molecule has 19 heavy (non-hydrogen) atoms. The molecule has 0 aliphatic heterocycles. The summed E-state index contributed by atoms with van der Waals surface area (Å²) in [4.78, 5) is 14.9. The molecule has 0 saturated carbocycles. The van der Waals surface area contributed by atoms with Crippen LogP contribution in [0, 0.1) is 0 Å². The fraction of sp³-hybridized carbons (Fsp3) is 0.118. The lowest BCUT2D eigenvalue weighted by molar-refractivity contribution is 0.910. The van der Waals surface area contributed by atoms with Crippen molar-refractivity contribution in [2.75, 3.05) is 0 Å². The minimum Gasteiger partial charge on any atom is -0.326 e. The molecule has 1 heterocycles. The van der Waals surface area contributed by atoms with E-state index in [4.69, 9.17) is 0 Å². The first kappa shape index (κ1) is 11.7. The van der Waals surface area contributed by atoms with Crippen molar-refractivity contribution < 1.29 is 0 Å². The third-order valence-electron chi connectivity index (χ3n) is 3.34. The summed E-state index contributed by atoms with van der Waals surface area (Å²) < 4.78 is 0.